The Labute approximate surface area is 165 Å². The maximum atomic E-state index is 13.0. The van der Waals surface area contributed by atoms with Crippen molar-refractivity contribution in [3.05, 3.63) is 34.1 Å². The molecular weight excluding hydrogens is 387 g/mol. The number of nitrogens with zero attached hydrogens (tertiary/aromatic N) is 5. The number of rotatable bonds is 2. The molecule has 0 amide bonds. The molecule has 0 unspecified atom stereocenters. The van der Waals surface area contributed by atoms with Gasteiger partial charge in [-0.1, -0.05) is 0 Å². The molecular formula is C19H22F3N5O2. The lowest BCUT2D eigenvalue weighted by Gasteiger charge is -2.36. The SMILES string of the molecule is CN1CC[C@H]2CCN(c3nnc(-c4ccc(C(F)(F)F)cc4O)n(C)c3=O)[C@H]2C1. The molecule has 1 N–H and O–H groups in total. The Kier molecular flexibility index (Phi) is 4.76. The Bertz CT molecular complexity index is 991. The van der Waals surface area contributed by atoms with Crippen LogP contribution in [-0.4, -0.2) is 57.5 Å². The number of benzene rings is 1. The molecule has 0 radical (unpaired) electrons. The van der Waals surface area contributed by atoms with Crippen LogP contribution in [0.3, 0.4) is 0 Å². The number of phenolic OH excluding ortho intramolecular Hbond substituents is 1. The van der Waals surface area contributed by atoms with Crippen molar-refractivity contribution in [2.75, 3.05) is 31.6 Å². The Morgan fingerprint density at radius 2 is 1.86 bits per heavy atom. The molecule has 4 rings (SSSR count). The standard InChI is InChI=1S/C19H22F3N5O2/c1-25-7-5-11-6-8-27(14(11)10-25)17-18(29)26(2)16(23-24-17)13-4-3-12(9-15(13)28)19(20,21)22/h3-4,9,11,14,28H,5-8,10H2,1-2H3/t11-,14-/m0/s1. The maximum Gasteiger partial charge on any atom is 0.416 e. The topological polar surface area (TPSA) is 74.5 Å². The molecule has 29 heavy (non-hydrogen) atoms. The molecule has 0 aliphatic carbocycles. The van der Waals surface area contributed by atoms with E-state index in [1.807, 2.05) is 11.9 Å². The normalized spacial score (nSPS) is 22.7. The highest BCUT2D eigenvalue weighted by atomic mass is 19.4. The number of hydrogen-bond acceptors (Lipinski definition) is 6. The van der Waals surface area contributed by atoms with E-state index in [1.54, 1.807) is 0 Å². The number of aromatic hydroxyl groups is 1. The zero-order valence-corrected chi connectivity index (χ0v) is 16.1. The average molecular weight is 409 g/mol. The lowest BCUT2D eigenvalue weighted by Crippen LogP contribution is -2.48. The van der Waals surface area contributed by atoms with Crippen molar-refractivity contribution in [2.24, 2.45) is 13.0 Å². The highest BCUT2D eigenvalue weighted by Crippen LogP contribution is 2.36. The number of fused-ring (bicyclic) bond motifs is 1. The van der Waals surface area contributed by atoms with Crippen LogP contribution in [0.15, 0.2) is 23.0 Å². The minimum absolute atomic E-state index is 0.0153. The number of alkyl halides is 3. The minimum Gasteiger partial charge on any atom is -0.507 e. The quantitative estimate of drug-likeness (QED) is 0.819. The van der Waals surface area contributed by atoms with Crippen molar-refractivity contribution in [2.45, 2.75) is 25.1 Å². The number of phenols is 1. The maximum absolute atomic E-state index is 13.0. The van der Waals surface area contributed by atoms with E-state index in [-0.39, 0.29) is 28.8 Å². The number of anilines is 1. The molecule has 7 nitrogen and oxygen atoms in total. The lowest BCUT2D eigenvalue weighted by atomic mass is 9.92. The molecule has 2 fully saturated rings. The lowest BCUT2D eigenvalue weighted by molar-refractivity contribution is -0.137. The summed E-state index contributed by atoms with van der Waals surface area (Å²) in [6.45, 7) is 2.60. The summed E-state index contributed by atoms with van der Waals surface area (Å²) >= 11 is 0. The molecule has 2 saturated heterocycles. The van der Waals surface area contributed by atoms with Crippen LogP contribution in [-0.2, 0) is 13.2 Å². The first-order valence-electron chi connectivity index (χ1n) is 9.46. The fraction of sp³-hybridized carbons (Fsp3) is 0.526. The largest absolute Gasteiger partial charge is 0.507 e. The summed E-state index contributed by atoms with van der Waals surface area (Å²) < 4.78 is 39.7. The van der Waals surface area contributed by atoms with Crippen molar-refractivity contribution in [3.8, 4) is 17.1 Å². The Hall–Kier alpha value is -2.62. The first-order chi connectivity index (χ1) is 13.7. The van der Waals surface area contributed by atoms with Crippen LogP contribution in [0.2, 0.25) is 0 Å². The van der Waals surface area contributed by atoms with Crippen molar-refractivity contribution >= 4 is 5.82 Å². The number of piperidine rings is 1. The van der Waals surface area contributed by atoms with Crippen molar-refractivity contribution < 1.29 is 18.3 Å². The predicted molar refractivity (Wildman–Crippen MR) is 101 cm³/mol. The van der Waals surface area contributed by atoms with Crippen LogP contribution < -0.4 is 10.5 Å². The zero-order valence-electron chi connectivity index (χ0n) is 16.1. The second kappa shape index (κ2) is 7.01. The molecule has 3 heterocycles. The van der Waals surface area contributed by atoms with Gasteiger partial charge in [0.05, 0.1) is 11.1 Å². The van der Waals surface area contributed by atoms with Gasteiger partial charge in [0, 0.05) is 26.2 Å². The molecule has 1 aromatic heterocycles. The van der Waals surface area contributed by atoms with E-state index in [2.05, 4.69) is 15.1 Å². The molecule has 10 heteroatoms. The second-order valence-corrected chi connectivity index (χ2v) is 7.80. The first kappa shape index (κ1) is 19.7. The van der Waals surface area contributed by atoms with E-state index in [0.717, 1.165) is 44.6 Å². The molecule has 0 saturated carbocycles. The number of hydrogen-bond donors (Lipinski definition) is 1. The number of likely N-dealkylation sites (tertiary alicyclic amines) is 1. The highest BCUT2D eigenvalue weighted by Gasteiger charge is 2.39. The van der Waals surface area contributed by atoms with E-state index in [9.17, 15) is 23.1 Å². The second-order valence-electron chi connectivity index (χ2n) is 7.80. The fourth-order valence-corrected chi connectivity index (χ4v) is 4.32. The van der Waals surface area contributed by atoms with Crippen LogP contribution >= 0.6 is 0 Å². The highest BCUT2D eigenvalue weighted by molar-refractivity contribution is 5.65. The van der Waals surface area contributed by atoms with Crippen molar-refractivity contribution in [3.63, 3.8) is 0 Å². The molecule has 0 bridgehead atoms. The molecule has 0 spiro atoms. The predicted octanol–water partition coefficient (Wildman–Crippen LogP) is 2.10. The van der Waals surface area contributed by atoms with Gasteiger partial charge in [0.15, 0.2) is 5.82 Å². The zero-order chi connectivity index (χ0) is 20.9. The number of aromatic nitrogens is 3. The minimum atomic E-state index is -4.57. The molecule has 2 aromatic rings. The summed E-state index contributed by atoms with van der Waals surface area (Å²) in [7, 11) is 3.53. The van der Waals surface area contributed by atoms with Crippen molar-refractivity contribution in [1.82, 2.24) is 19.7 Å². The van der Waals surface area contributed by atoms with Gasteiger partial charge in [-0.25, -0.2) is 0 Å². The van der Waals surface area contributed by atoms with Crippen LogP contribution in [0, 0.1) is 5.92 Å². The summed E-state index contributed by atoms with van der Waals surface area (Å²) in [4.78, 5) is 17.2. The van der Waals surface area contributed by atoms with Crippen molar-refractivity contribution in [1.29, 1.82) is 0 Å². The van der Waals surface area contributed by atoms with E-state index < -0.39 is 17.5 Å². The molecule has 2 aliphatic heterocycles. The van der Waals surface area contributed by atoms with Gasteiger partial charge in [0.1, 0.15) is 5.75 Å². The number of halogens is 3. The van der Waals surface area contributed by atoms with Gasteiger partial charge < -0.3 is 14.9 Å². The van der Waals surface area contributed by atoms with Gasteiger partial charge in [-0.3, -0.25) is 9.36 Å². The molecule has 2 atom stereocenters. The first-order valence-corrected chi connectivity index (χ1v) is 9.46. The fourth-order valence-electron chi connectivity index (χ4n) is 4.32. The summed E-state index contributed by atoms with van der Waals surface area (Å²) in [5.41, 5.74) is -1.34. The van der Waals surface area contributed by atoms with Gasteiger partial charge in [-0.2, -0.15) is 13.2 Å². The Morgan fingerprint density at radius 1 is 1.14 bits per heavy atom. The summed E-state index contributed by atoms with van der Waals surface area (Å²) in [6, 6.07) is 2.76. The van der Waals surface area contributed by atoms with Crippen LogP contribution in [0.4, 0.5) is 19.0 Å². The summed E-state index contributed by atoms with van der Waals surface area (Å²) in [5.74, 6) is 0.162. The Balaban J connectivity index is 1.69. The van der Waals surface area contributed by atoms with Crippen LogP contribution in [0.5, 0.6) is 5.75 Å². The van der Waals surface area contributed by atoms with Crippen LogP contribution in [0.1, 0.15) is 18.4 Å². The van der Waals surface area contributed by atoms with Gasteiger partial charge in [-0.15, -0.1) is 10.2 Å². The summed E-state index contributed by atoms with van der Waals surface area (Å²) in [6.07, 6.45) is -2.51. The smallest absolute Gasteiger partial charge is 0.416 e. The molecule has 1 aromatic carbocycles. The van der Waals surface area contributed by atoms with E-state index in [4.69, 9.17) is 0 Å². The van der Waals surface area contributed by atoms with Crippen LogP contribution in [0.25, 0.3) is 11.4 Å². The third kappa shape index (κ3) is 3.45. The monoisotopic (exact) mass is 409 g/mol. The molecule has 2 aliphatic rings. The van der Waals surface area contributed by atoms with Gasteiger partial charge >= 0.3 is 6.18 Å². The summed E-state index contributed by atoms with van der Waals surface area (Å²) in [5, 5.41) is 18.3. The van der Waals surface area contributed by atoms with Gasteiger partial charge in [0.25, 0.3) is 5.56 Å². The van der Waals surface area contributed by atoms with E-state index in [1.165, 1.54) is 11.6 Å². The third-order valence-electron chi connectivity index (χ3n) is 5.96. The van der Waals surface area contributed by atoms with E-state index in [0.29, 0.717) is 12.0 Å². The van der Waals surface area contributed by atoms with Gasteiger partial charge in [0.2, 0.25) is 5.82 Å². The third-order valence-corrected chi connectivity index (χ3v) is 5.96. The average Bonchev–Trinajstić information content (AvgIpc) is 3.06. The number of likely N-dealkylation sites (N-methyl/N-ethyl adjacent to an activating group) is 1. The van der Waals surface area contributed by atoms with Gasteiger partial charge in [-0.05, 0) is 50.6 Å². The molecule has 156 valence electrons. The van der Waals surface area contributed by atoms with E-state index >= 15 is 0 Å². The Morgan fingerprint density at radius 3 is 2.55 bits per heavy atom.